The van der Waals surface area contributed by atoms with E-state index >= 15 is 0 Å². The minimum Gasteiger partial charge on any atom is -0.143 e. The second-order valence-electron chi connectivity index (χ2n) is 5.49. The van der Waals surface area contributed by atoms with E-state index in [4.69, 9.17) is 0 Å². The second-order valence-corrected chi connectivity index (χ2v) is 9.49. The fourth-order valence-corrected chi connectivity index (χ4v) is 7.37. The van der Waals surface area contributed by atoms with Crippen LogP contribution in [-0.4, -0.2) is 0 Å². The van der Waals surface area contributed by atoms with E-state index in [-0.39, 0.29) is 0 Å². The quantitative estimate of drug-likeness (QED) is 0.297. The summed E-state index contributed by atoms with van der Waals surface area (Å²) in [6, 6.07) is 9.14. The summed E-state index contributed by atoms with van der Waals surface area (Å²) in [6.45, 7) is 7.74. The molecule has 24 heavy (non-hydrogen) atoms. The highest BCUT2D eigenvalue weighted by atomic mass is 32.1. The molecule has 4 aromatic rings. The molecular weight excluding hydrogens is 368 g/mol. The zero-order valence-electron chi connectivity index (χ0n) is 13.1. The Bertz CT molecular complexity index is 896. The molecule has 0 atom stereocenters. The summed E-state index contributed by atoms with van der Waals surface area (Å²) in [5.41, 5.74) is 2.77. The van der Waals surface area contributed by atoms with Gasteiger partial charge in [0.25, 0.3) is 0 Å². The molecule has 0 fully saturated rings. The van der Waals surface area contributed by atoms with Crippen LogP contribution in [0.15, 0.2) is 60.3 Å². The van der Waals surface area contributed by atoms with E-state index in [1.165, 1.54) is 40.0 Å². The highest BCUT2D eigenvalue weighted by Crippen LogP contribution is 2.45. The lowest BCUT2D eigenvalue weighted by molar-refractivity contribution is 1.31. The smallest absolute Gasteiger partial charge is 0.0478 e. The van der Waals surface area contributed by atoms with Gasteiger partial charge in [0, 0.05) is 28.9 Å². The normalized spacial score (nSPS) is 11.2. The Morgan fingerprint density at radius 3 is 1.62 bits per heavy atom. The Balaban J connectivity index is 1.72. The Hall–Kier alpha value is -1.46. The third-order valence-corrected chi connectivity index (χ3v) is 8.44. The molecule has 0 saturated carbocycles. The van der Waals surface area contributed by atoms with Crippen LogP contribution in [0.2, 0.25) is 0 Å². The van der Waals surface area contributed by atoms with Crippen molar-refractivity contribution in [2.24, 2.45) is 0 Å². The average Bonchev–Trinajstić information content (AvgIpc) is 3.28. The zero-order valence-corrected chi connectivity index (χ0v) is 16.3. The monoisotopic (exact) mass is 384 g/mol. The van der Waals surface area contributed by atoms with Gasteiger partial charge in [-0.2, -0.15) is 0 Å². The summed E-state index contributed by atoms with van der Waals surface area (Å²) in [5, 5.41) is 4.36. The molecule has 0 nitrogen and oxygen atoms in total. The molecule has 0 saturated heterocycles. The molecule has 0 bridgehead atoms. The molecule has 120 valence electrons. The van der Waals surface area contributed by atoms with Gasteiger partial charge in [0.15, 0.2) is 0 Å². The first-order valence-corrected chi connectivity index (χ1v) is 11.1. The predicted octanol–water partition coefficient (Wildman–Crippen LogP) is 7.88. The number of rotatable bonds is 6. The minimum absolute atomic E-state index is 0.940. The van der Waals surface area contributed by atoms with Crippen LogP contribution >= 0.6 is 45.3 Å². The first-order valence-electron chi connectivity index (χ1n) is 7.68. The molecule has 0 amide bonds. The van der Waals surface area contributed by atoms with Crippen molar-refractivity contribution in [1.29, 1.82) is 0 Å². The summed E-state index contributed by atoms with van der Waals surface area (Å²) in [7, 11) is 0. The molecule has 4 rings (SSSR count). The number of allylic oxidation sites excluding steroid dienone is 2. The van der Waals surface area contributed by atoms with Crippen molar-refractivity contribution in [2.75, 3.05) is 0 Å². The summed E-state index contributed by atoms with van der Waals surface area (Å²) in [6.07, 6.45) is 5.85. The fourth-order valence-electron chi connectivity index (χ4n) is 2.80. The van der Waals surface area contributed by atoms with E-state index in [0.29, 0.717) is 0 Å². The largest absolute Gasteiger partial charge is 0.143 e. The van der Waals surface area contributed by atoms with Crippen LogP contribution < -0.4 is 0 Å². The van der Waals surface area contributed by atoms with E-state index in [9.17, 15) is 0 Å². The molecule has 0 unspecified atom stereocenters. The standard InChI is InChI=1S/C20H16S4/c1-3-5-13-7-9-21-19(13)17-11-15-16(23-17)12-18(24-15)20-14(6-4-2)8-10-22-20/h3-4,7-12H,1-2,5-6H2. The maximum Gasteiger partial charge on any atom is 0.0478 e. The first kappa shape index (κ1) is 16.0. The number of fused-ring (bicyclic) bond motifs is 1. The van der Waals surface area contributed by atoms with Gasteiger partial charge < -0.3 is 0 Å². The van der Waals surface area contributed by atoms with Gasteiger partial charge in [-0.05, 0) is 59.0 Å². The third kappa shape index (κ3) is 2.84. The van der Waals surface area contributed by atoms with Gasteiger partial charge in [-0.1, -0.05) is 12.2 Å². The average molecular weight is 385 g/mol. The molecule has 0 aromatic carbocycles. The number of hydrogen-bond donors (Lipinski definition) is 0. The number of hydrogen-bond acceptors (Lipinski definition) is 4. The molecule has 0 aliphatic rings. The van der Waals surface area contributed by atoms with Gasteiger partial charge in [-0.15, -0.1) is 58.5 Å². The van der Waals surface area contributed by atoms with Crippen LogP contribution in [0.25, 0.3) is 28.9 Å². The summed E-state index contributed by atoms with van der Waals surface area (Å²) in [5.74, 6) is 0. The lowest BCUT2D eigenvalue weighted by Gasteiger charge is -1.98. The zero-order chi connectivity index (χ0) is 16.5. The van der Waals surface area contributed by atoms with Crippen LogP contribution in [0, 0.1) is 0 Å². The maximum atomic E-state index is 3.87. The highest BCUT2D eigenvalue weighted by molar-refractivity contribution is 7.33. The van der Waals surface area contributed by atoms with E-state index < -0.39 is 0 Å². The minimum atomic E-state index is 0.940. The van der Waals surface area contributed by atoms with Crippen molar-refractivity contribution < 1.29 is 0 Å². The van der Waals surface area contributed by atoms with Crippen molar-refractivity contribution in [3.8, 4) is 19.5 Å². The Labute approximate surface area is 158 Å². The van der Waals surface area contributed by atoms with Crippen molar-refractivity contribution in [3.63, 3.8) is 0 Å². The van der Waals surface area contributed by atoms with Crippen molar-refractivity contribution in [3.05, 3.63) is 71.5 Å². The maximum absolute atomic E-state index is 3.87. The van der Waals surface area contributed by atoms with Gasteiger partial charge in [0.05, 0.1) is 0 Å². The Kier molecular flexibility index (Phi) is 4.55. The van der Waals surface area contributed by atoms with E-state index in [2.05, 4.69) is 48.2 Å². The topological polar surface area (TPSA) is 0 Å². The molecule has 0 radical (unpaired) electrons. The van der Waals surface area contributed by atoms with Crippen molar-refractivity contribution in [2.45, 2.75) is 12.8 Å². The fraction of sp³-hybridized carbons (Fsp3) is 0.100. The summed E-state index contributed by atoms with van der Waals surface area (Å²) < 4.78 is 2.78. The van der Waals surface area contributed by atoms with Crippen LogP contribution in [0.3, 0.4) is 0 Å². The van der Waals surface area contributed by atoms with Crippen molar-refractivity contribution in [1.82, 2.24) is 0 Å². The SMILES string of the molecule is C=CCc1ccsc1-c1cc2sc(-c3sccc3CC=C)cc2s1. The lowest BCUT2D eigenvalue weighted by Crippen LogP contribution is -1.78. The van der Waals surface area contributed by atoms with E-state index in [1.807, 2.05) is 57.5 Å². The molecule has 0 spiro atoms. The second kappa shape index (κ2) is 6.81. The lowest BCUT2D eigenvalue weighted by atomic mass is 10.1. The first-order chi connectivity index (χ1) is 11.8. The van der Waals surface area contributed by atoms with Crippen LogP contribution in [-0.2, 0) is 12.8 Å². The molecular formula is C20H16S4. The molecule has 4 heterocycles. The van der Waals surface area contributed by atoms with Crippen LogP contribution in [0.5, 0.6) is 0 Å². The van der Waals surface area contributed by atoms with E-state index in [0.717, 1.165) is 12.8 Å². The van der Waals surface area contributed by atoms with E-state index in [1.54, 1.807) is 0 Å². The van der Waals surface area contributed by atoms with Gasteiger partial charge in [0.1, 0.15) is 0 Å². The van der Waals surface area contributed by atoms with Gasteiger partial charge in [0.2, 0.25) is 0 Å². The highest BCUT2D eigenvalue weighted by Gasteiger charge is 2.14. The third-order valence-electron chi connectivity index (χ3n) is 3.88. The molecule has 4 aromatic heterocycles. The predicted molar refractivity (Wildman–Crippen MR) is 114 cm³/mol. The molecule has 4 heteroatoms. The van der Waals surface area contributed by atoms with Crippen LogP contribution in [0.1, 0.15) is 11.1 Å². The Morgan fingerprint density at radius 1 is 0.750 bits per heavy atom. The molecule has 0 aliphatic heterocycles. The summed E-state index contributed by atoms with van der Waals surface area (Å²) in [4.78, 5) is 5.56. The number of thiophene rings is 4. The molecule has 0 aliphatic carbocycles. The van der Waals surface area contributed by atoms with Gasteiger partial charge >= 0.3 is 0 Å². The van der Waals surface area contributed by atoms with Crippen LogP contribution in [0.4, 0.5) is 0 Å². The summed E-state index contributed by atoms with van der Waals surface area (Å²) >= 11 is 7.47. The molecule has 0 N–H and O–H groups in total. The van der Waals surface area contributed by atoms with Crippen molar-refractivity contribution >= 4 is 54.7 Å². The Morgan fingerprint density at radius 2 is 1.21 bits per heavy atom. The van der Waals surface area contributed by atoms with Gasteiger partial charge in [-0.25, -0.2) is 0 Å². The van der Waals surface area contributed by atoms with Gasteiger partial charge in [-0.3, -0.25) is 0 Å².